The molecule has 0 radical (unpaired) electrons. The number of methoxy groups -OCH3 is 1. The zero-order valence-corrected chi connectivity index (χ0v) is 14.6. The third-order valence-corrected chi connectivity index (χ3v) is 4.78. The van der Waals surface area contributed by atoms with Crippen molar-refractivity contribution in [1.82, 2.24) is 15.5 Å². The van der Waals surface area contributed by atoms with Crippen LogP contribution in [-0.4, -0.2) is 35.7 Å². The van der Waals surface area contributed by atoms with Gasteiger partial charge in [0.05, 0.1) is 13.0 Å². The number of carbonyl (C=O) groups excluding carboxylic acids is 2. The molecule has 2 aromatic rings. The molecule has 1 aliphatic heterocycles. The van der Waals surface area contributed by atoms with Gasteiger partial charge in [0.15, 0.2) is 0 Å². The standard InChI is InChI=1S/C16H19N5O3S/c1-24-9-4-5-12-10(7-9)11(8-13(22)19-12)15(23)18-6-2-3-14-20-21-16(17)25-14/h4-5,7,11H,2-3,6,8H2,1H3,(H2,17,21)(H,18,23)(H,19,22)/t11-/m1/s1. The third-order valence-electron chi connectivity index (χ3n) is 3.96. The fourth-order valence-electron chi connectivity index (χ4n) is 2.74. The molecule has 4 N–H and O–H groups in total. The number of ether oxygens (including phenoxy) is 1. The van der Waals surface area contributed by atoms with Crippen LogP contribution in [0.25, 0.3) is 0 Å². The smallest absolute Gasteiger partial charge is 0.228 e. The van der Waals surface area contributed by atoms with E-state index in [9.17, 15) is 9.59 Å². The van der Waals surface area contributed by atoms with E-state index in [2.05, 4.69) is 20.8 Å². The Kier molecular flexibility index (Phi) is 5.13. The summed E-state index contributed by atoms with van der Waals surface area (Å²) >= 11 is 1.35. The lowest BCUT2D eigenvalue weighted by molar-refractivity contribution is -0.126. The van der Waals surface area contributed by atoms with Crippen LogP contribution >= 0.6 is 11.3 Å². The maximum absolute atomic E-state index is 12.5. The summed E-state index contributed by atoms with van der Waals surface area (Å²) in [5.41, 5.74) is 6.96. The number of hydrogen-bond donors (Lipinski definition) is 3. The summed E-state index contributed by atoms with van der Waals surface area (Å²) in [6.07, 6.45) is 1.55. The Morgan fingerprint density at radius 2 is 2.32 bits per heavy atom. The Bertz CT molecular complexity index is 792. The highest BCUT2D eigenvalue weighted by molar-refractivity contribution is 7.15. The summed E-state index contributed by atoms with van der Waals surface area (Å²) in [6.45, 7) is 0.496. The Morgan fingerprint density at radius 1 is 1.48 bits per heavy atom. The number of anilines is 2. The van der Waals surface area contributed by atoms with Gasteiger partial charge in [-0.3, -0.25) is 9.59 Å². The SMILES string of the molecule is COc1ccc2c(c1)[C@H](C(=O)NCCCc1nnc(N)s1)CC(=O)N2. The Morgan fingerprint density at radius 3 is 3.04 bits per heavy atom. The summed E-state index contributed by atoms with van der Waals surface area (Å²) in [7, 11) is 1.57. The lowest BCUT2D eigenvalue weighted by Gasteiger charge is -2.25. The van der Waals surface area contributed by atoms with Crippen molar-refractivity contribution >= 4 is 34.0 Å². The number of amides is 2. The van der Waals surface area contributed by atoms with E-state index in [1.807, 2.05) is 0 Å². The van der Waals surface area contributed by atoms with E-state index in [4.69, 9.17) is 10.5 Å². The van der Waals surface area contributed by atoms with Gasteiger partial charge >= 0.3 is 0 Å². The van der Waals surface area contributed by atoms with Crippen LogP contribution in [0, 0.1) is 0 Å². The highest BCUT2D eigenvalue weighted by Crippen LogP contribution is 2.35. The van der Waals surface area contributed by atoms with Gasteiger partial charge in [0.1, 0.15) is 10.8 Å². The molecule has 132 valence electrons. The molecule has 0 fully saturated rings. The Hall–Kier alpha value is -2.68. The fraction of sp³-hybridized carbons (Fsp3) is 0.375. The summed E-state index contributed by atoms with van der Waals surface area (Å²) in [5, 5.41) is 14.7. The predicted molar refractivity (Wildman–Crippen MR) is 94.6 cm³/mol. The molecule has 1 aromatic heterocycles. The van der Waals surface area contributed by atoms with Crippen molar-refractivity contribution in [3.05, 3.63) is 28.8 Å². The zero-order chi connectivity index (χ0) is 17.8. The van der Waals surface area contributed by atoms with Crippen molar-refractivity contribution in [3.63, 3.8) is 0 Å². The molecule has 0 bridgehead atoms. The number of carbonyl (C=O) groups is 2. The number of nitrogens with zero attached hydrogens (tertiary/aromatic N) is 2. The Labute approximate surface area is 148 Å². The lowest BCUT2D eigenvalue weighted by atomic mass is 9.89. The van der Waals surface area contributed by atoms with Gasteiger partial charge in [-0.2, -0.15) is 0 Å². The molecular weight excluding hydrogens is 342 g/mol. The number of rotatable bonds is 6. The average molecular weight is 361 g/mol. The summed E-state index contributed by atoms with van der Waals surface area (Å²) < 4.78 is 5.22. The number of nitrogens with two attached hydrogens (primary N) is 1. The normalized spacial score (nSPS) is 16.0. The summed E-state index contributed by atoms with van der Waals surface area (Å²) in [6, 6.07) is 5.31. The highest BCUT2D eigenvalue weighted by Gasteiger charge is 2.30. The molecule has 1 aliphatic rings. The first-order chi connectivity index (χ1) is 12.1. The van der Waals surface area contributed by atoms with E-state index in [0.29, 0.717) is 29.5 Å². The van der Waals surface area contributed by atoms with Crippen LogP contribution in [-0.2, 0) is 16.0 Å². The molecule has 0 saturated heterocycles. The van der Waals surface area contributed by atoms with Gasteiger partial charge < -0.3 is 21.1 Å². The van der Waals surface area contributed by atoms with Crippen molar-refractivity contribution in [3.8, 4) is 5.75 Å². The van der Waals surface area contributed by atoms with E-state index in [0.717, 1.165) is 17.0 Å². The summed E-state index contributed by atoms with van der Waals surface area (Å²) in [4.78, 5) is 24.4. The first kappa shape index (κ1) is 17.2. The molecule has 1 atom stereocenters. The minimum atomic E-state index is -0.518. The van der Waals surface area contributed by atoms with Gasteiger partial charge in [0, 0.05) is 25.1 Å². The predicted octanol–water partition coefficient (Wildman–Crippen LogP) is 1.30. The molecule has 2 heterocycles. The van der Waals surface area contributed by atoms with E-state index in [1.54, 1.807) is 25.3 Å². The first-order valence-electron chi connectivity index (χ1n) is 7.90. The lowest BCUT2D eigenvalue weighted by Crippen LogP contribution is -2.35. The first-order valence-corrected chi connectivity index (χ1v) is 8.72. The second-order valence-electron chi connectivity index (χ2n) is 5.69. The number of nitrogen functional groups attached to an aromatic ring is 1. The largest absolute Gasteiger partial charge is 0.497 e. The second-order valence-corrected chi connectivity index (χ2v) is 6.78. The van der Waals surface area contributed by atoms with Crippen molar-refractivity contribution in [2.45, 2.75) is 25.2 Å². The molecule has 8 nitrogen and oxygen atoms in total. The monoisotopic (exact) mass is 361 g/mol. The van der Waals surface area contributed by atoms with Crippen molar-refractivity contribution in [1.29, 1.82) is 0 Å². The van der Waals surface area contributed by atoms with Crippen LogP contribution < -0.4 is 21.1 Å². The van der Waals surface area contributed by atoms with Gasteiger partial charge in [-0.15, -0.1) is 10.2 Å². The van der Waals surface area contributed by atoms with E-state index < -0.39 is 5.92 Å². The van der Waals surface area contributed by atoms with Gasteiger partial charge in [-0.1, -0.05) is 11.3 Å². The van der Waals surface area contributed by atoms with E-state index in [-0.39, 0.29) is 18.2 Å². The molecule has 9 heteroatoms. The van der Waals surface area contributed by atoms with Crippen LogP contribution in [0.5, 0.6) is 5.75 Å². The number of nitrogens with one attached hydrogen (secondary N) is 2. The maximum atomic E-state index is 12.5. The molecule has 0 aliphatic carbocycles. The number of benzene rings is 1. The van der Waals surface area contributed by atoms with Gasteiger partial charge in [-0.05, 0) is 30.2 Å². The van der Waals surface area contributed by atoms with Crippen LogP contribution in [0.1, 0.15) is 29.3 Å². The number of aryl methyl sites for hydroxylation is 1. The highest BCUT2D eigenvalue weighted by atomic mass is 32.1. The second kappa shape index (κ2) is 7.47. The van der Waals surface area contributed by atoms with E-state index >= 15 is 0 Å². The van der Waals surface area contributed by atoms with Crippen molar-refractivity contribution in [2.75, 3.05) is 24.7 Å². The van der Waals surface area contributed by atoms with Gasteiger partial charge in [0.25, 0.3) is 0 Å². The van der Waals surface area contributed by atoms with E-state index in [1.165, 1.54) is 11.3 Å². The zero-order valence-electron chi connectivity index (χ0n) is 13.7. The fourth-order valence-corrected chi connectivity index (χ4v) is 3.39. The molecule has 0 saturated carbocycles. The number of aromatic nitrogens is 2. The minimum absolute atomic E-state index is 0.124. The number of fused-ring (bicyclic) bond motifs is 1. The average Bonchev–Trinajstić information content (AvgIpc) is 3.02. The molecular formula is C16H19N5O3S. The van der Waals surface area contributed by atoms with Crippen LogP contribution in [0.4, 0.5) is 10.8 Å². The van der Waals surface area contributed by atoms with Gasteiger partial charge in [-0.25, -0.2) is 0 Å². The van der Waals surface area contributed by atoms with Crippen LogP contribution in [0.3, 0.4) is 0 Å². The molecule has 2 amide bonds. The van der Waals surface area contributed by atoms with Crippen molar-refractivity contribution in [2.24, 2.45) is 0 Å². The molecule has 25 heavy (non-hydrogen) atoms. The molecule has 0 unspecified atom stereocenters. The molecule has 3 rings (SSSR count). The Balaban J connectivity index is 1.61. The quantitative estimate of drug-likeness (QED) is 0.667. The molecule has 1 aromatic carbocycles. The van der Waals surface area contributed by atoms with Crippen LogP contribution in [0.2, 0.25) is 0 Å². The van der Waals surface area contributed by atoms with Crippen molar-refractivity contribution < 1.29 is 14.3 Å². The maximum Gasteiger partial charge on any atom is 0.228 e. The summed E-state index contributed by atoms with van der Waals surface area (Å²) in [5.74, 6) is -0.194. The third kappa shape index (κ3) is 4.05. The van der Waals surface area contributed by atoms with Crippen LogP contribution in [0.15, 0.2) is 18.2 Å². The minimum Gasteiger partial charge on any atom is -0.497 e. The van der Waals surface area contributed by atoms with Gasteiger partial charge in [0.2, 0.25) is 16.9 Å². The topological polar surface area (TPSA) is 119 Å². The number of hydrogen-bond acceptors (Lipinski definition) is 7. The molecule has 0 spiro atoms.